The predicted octanol–water partition coefficient (Wildman–Crippen LogP) is 0.774. The van der Waals surface area contributed by atoms with Gasteiger partial charge in [0.2, 0.25) is 0 Å². The highest BCUT2D eigenvalue weighted by Gasteiger charge is 2.39. The Kier molecular flexibility index (Phi) is 5.21. The van der Waals surface area contributed by atoms with Gasteiger partial charge in [0, 0.05) is 20.1 Å². The van der Waals surface area contributed by atoms with Gasteiger partial charge in [0.25, 0.3) is 5.91 Å². The van der Waals surface area contributed by atoms with Crippen LogP contribution in [-0.2, 0) is 14.3 Å². The molecule has 7 heteroatoms. The van der Waals surface area contributed by atoms with Crippen LogP contribution < -0.4 is 9.47 Å². The van der Waals surface area contributed by atoms with Crippen LogP contribution in [-0.4, -0.2) is 61.4 Å². The molecule has 1 heterocycles. The monoisotopic (exact) mass is 309 g/mol. The van der Waals surface area contributed by atoms with E-state index < -0.39 is 12.0 Å². The molecule has 0 aliphatic carbocycles. The van der Waals surface area contributed by atoms with Crippen molar-refractivity contribution in [3.8, 4) is 11.5 Å². The van der Waals surface area contributed by atoms with Gasteiger partial charge in [0.1, 0.15) is 17.5 Å². The number of ether oxygens (including phenoxy) is 3. The molecule has 1 aromatic rings. The summed E-state index contributed by atoms with van der Waals surface area (Å²) in [6, 6.07) is 5.94. The Morgan fingerprint density at radius 1 is 1.23 bits per heavy atom. The number of rotatable bonds is 6. The molecule has 2 unspecified atom stereocenters. The smallest absolute Gasteiger partial charge is 0.326 e. The molecule has 120 valence electrons. The lowest BCUT2D eigenvalue weighted by atomic mass is 10.2. The minimum absolute atomic E-state index is 0.216. The van der Waals surface area contributed by atoms with Crippen LogP contribution in [0.25, 0.3) is 0 Å². The molecule has 1 aliphatic heterocycles. The normalized spacial score (nSPS) is 20.7. The van der Waals surface area contributed by atoms with E-state index in [-0.39, 0.29) is 25.2 Å². The maximum Gasteiger partial charge on any atom is 0.326 e. The van der Waals surface area contributed by atoms with Gasteiger partial charge in [-0.3, -0.25) is 4.79 Å². The zero-order chi connectivity index (χ0) is 16.1. The van der Waals surface area contributed by atoms with Crippen molar-refractivity contribution in [1.29, 1.82) is 0 Å². The van der Waals surface area contributed by atoms with Crippen LogP contribution in [0.2, 0.25) is 0 Å². The molecule has 7 nitrogen and oxygen atoms in total. The second-order valence-electron chi connectivity index (χ2n) is 4.96. The van der Waals surface area contributed by atoms with Crippen molar-refractivity contribution in [3.63, 3.8) is 0 Å². The minimum atomic E-state index is -1.03. The Balaban J connectivity index is 1.94. The molecule has 2 rings (SSSR count). The van der Waals surface area contributed by atoms with Crippen molar-refractivity contribution < 1.29 is 28.9 Å². The van der Waals surface area contributed by atoms with Gasteiger partial charge in [-0.25, -0.2) is 4.79 Å². The van der Waals surface area contributed by atoms with E-state index in [0.717, 1.165) is 0 Å². The summed E-state index contributed by atoms with van der Waals surface area (Å²) in [6.45, 7) is 0.0464. The summed E-state index contributed by atoms with van der Waals surface area (Å²) in [5, 5.41) is 9.18. The van der Waals surface area contributed by atoms with Crippen LogP contribution >= 0.6 is 0 Å². The molecule has 1 fully saturated rings. The molecule has 0 spiro atoms. The van der Waals surface area contributed by atoms with Gasteiger partial charge >= 0.3 is 5.97 Å². The second kappa shape index (κ2) is 7.13. The van der Waals surface area contributed by atoms with E-state index in [0.29, 0.717) is 17.9 Å². The van der Waals surface area contributed by atoms with Crippen molar-refractivity contribution >= 4 is 11.9 Å². The highest BCUT2D eigenvalue weighted by atomic mass is 16.5. The molecule has 1 N–H and O–H groups in total. The van der Waals surface area contributed by atoms with Gasteiger partial charge in [0.15, 0.2) is 6.61 Å². The first-order valence-corrected chi connectivity index (χ1v) is 6.87. The molecule has 1 saturated heterocycles. The molecule has 0 aromatic heterocycles. The van der Waals surface area contributed by atoms with Crippen LogP contribution in [0, 0.1) is 0 Å². The Labute approximate surface area is 128 Å². The van der Waals surface area contributed by atoms with Crippen molar-refractivity contribution in [3.05, 3.63) is 24.3 Å². The number of hydrogen-bond acceptors (Lipinski definition) is 5. The first kappa shape index (κ1) is 16.1. The highest BCUT2D eigenvalue weighted by Crippen LogP contribution is 2.21. The summed E-state index contributed by atoms with van der Waals surface area (Å²) in [4.78, 5) is 24.7. The lowest BCUT2D eigenvalue weighted by Crippen LogP contribution is -2.43. The maximum atomic E-state index is 12.2. The number of carbonyl (C=O) groups is 2. The lowest BCUT2D eigenvalue weighted by Gasteiger charge is -2.21. The highest BCUT2D eigenvalue weighted by molar-refractivity contribution is 5.85. The zero-order valence-corrected chi connectivity index (χ0v) is 12.5. The molecule has 1 aromatic carbocycles. The van der Waals surface area contributed by atoms with Crippen molar-refractivity contribution in [2.45, 2.75) is 18.6 Å². The standard InChI is InChI=1S/C15H19NO6/c1-20-10-3-5-11(6-4-10)22-9-14(17)16-8-12(21-2)7-13(16)15(18)19/h3-6,12-13H,7-9H2,1-2H3,(H,18,19). The maximum absolute atomic E-state index is 12.2. The van der Waals surface area contributed by atoms with Gasteiger partial charge in [-0.05, 0) is 24.3 Å². The first-order valence-electron chi connectivity index (χ1n) is 6.87. The number of carboxylic acids is 1. The number of carbonyl (C=O) groups excluding carboxylic acids is 1. The number of methoxy groups -OCH3 is 2. The van der Waals surface area contributed by atoms with E-state index in [2.05, 4.69) is 0 Å². The van der Waals surface area contributed by atoms with Crippen LogP contribution in [0.1, 0.15) is 6.42 Å². The SMILES string of the molecule is COc1ccc(OCC(=O)N2CC(OC)CC2C(=O)O)cc1. The Bertz CT molecular complexity index is 529. The van der Waals surface area contributed by atoms with E-state index in [1.807, 2.05) is 0 Å². The van der Waals surface area contributed by atoms with Crippen LogP contribution in [0.4, 0.5) is 0 Å². The molecule has 1 aliphatic rings. The Morgan fingerprint density at radius 3 is 2.41 bits per heavy atom. The molecule has 0 radical (unpaired) electrons. The molecule has 0 bridgehead atoms. The van der Waals surface area contributed by atoms with Crippen LogP contribution in [0.3, 0.4) is 0 Å². The number of carboxylic acid groups (broad SMARTS) is 1. The van der Waals surface area contributed by atoms with Gasteiger partial charge in [-0.15, -0.1) is 0 Å². The third kappa shape index (κ3) is 3.67. The third-order valence-corrected chi connectivity index (χ3v) is 3.62. The fourth-order valence-corrected chi connectivity index (χ4v) is 2.38. The Hall–Kier alpha value is -2.28. The molecule has 0 saturated carbocycles. The molecule has 22 heavy (non-hydrogen) atoms. The minimum Gasteiger partial charge on any atom is -0.497 e. The fourth-order valence-electron chi connectivity index (χ4n) is 2.38. The Morgan fingerprint density at radius 2 is 1.86 bits per heavy atom. The van der Waals surface area contributed by atoms with Crippen molar-refractivity contribution in [2.75, 3.05) is 27.4 Å². The quantitative estimate of drug-likeness (QED) is 0.835. The zero-order valence-electron chi connectivity index (χ0n) is 12.5. The number of likely N-dealkylation sites (tertiary alicyclic amines) is 1. The van der Waals surface area contributed by atoms with Gasteiger partial charge in [0.05, 0.1) is 13.2 Å². The summed E-state index contributed by atoms with van der Waals surface area (Å²) in [6.07, 6.45) is 0.0335. The second-order valence-corrected chi connectivity index (χ2v) is 4.96. The summed E-state index contributed by atoms with van der Waals surface area (Å²) in [5.74, 6) is -0.198. The van der Waals surface area contributed by atoms with E-state index in [4.69, 9.17) is 14.2 Å². The topological polar surface area (TPSA) is 85.3 Å². The van der Waals surface area contributed by atoms with Crippen LogP contribution in [0.15, 0.2) is 24.3 Å². The molecule has 2 atom stereocenters. The lowest BCUT2D eigenvalue weighted by molar-refractivity contribution is -0.148. The third-order valence-electron chi connectivity index (χ3n) is 3.62. The van der Waals surface area contributed by atoms with E-state index in [9.17, 15) is 14.7 Å². The van der Waals surface area contributed by atoms with Crippen molar-refractivity contribution in [1.82, 2.24) is 4.90 Å². The number of nitrogens with zero attached hydrogens (tertiary/aromatic N) is 1. The number of hydrogen-bond donors (Lipinski definition) is 1. The van der Waals surface area contributed by atoms with Crippen molar-refractivity contribution in [2.24, 2.45) is 0 Å². The van der Waals surface area contributed by atoms with Crippen LogP contribution in [0.5, 0.6) is 11.5 Å². The predicted molar refractivity (Wildman–Crippen MR) is 77.0 cm³/mol. The molecule has 1 amide bonds. The average Bonchev–Trinajstić information content (AvgIpc) is 2.98. The molecular formula is C15H19NO6. The van der Waals surface area contributed by atoms with E-state index >= 15 is 0 Å². The first-order chi connectivity index (χ1) is 10.5. The van der Waals surface area contributed by atoms with E-state index in [1.165, 1.54) is 12.0 Å². The number of amides is 1. The average molecular weight is 309 g/mol. The fraction of sp³-hybridized carbons (Fsp3) is 0.467. The van der Waals surface area contributed by atoms with Gasteiger partial charge in [-0.2, -0.15) is 0 Å². The summed E-state index contributed by atoms with van der Waals surface area (Å²) >= 11 is 0. The van der Waals surface area contributed by atoms with Gasteiger partial charge < -0.3 is 24.2 Å². The summed E-state index contributed by atoms with van der Waals surface area (Å²) in [7, 11) is 3.07. The molecular weight excluding hydrogens is 290 g/mol. The summed E-state index contributed by atoms with van der Waals surface area (Å²) < 4.78 is 15.6. The number of aliphatic carboxylic acids is 1. The van der Waals surface area contributed by atoms with Gasteiger partial charge in [-0.1, -0.05) is 0 Å². The van der Waals surface area contributed by atoms with E-state index in [1.54, 1.807) is 31.4 Å². The summed E-state index contributed by atoms with van der Waals surface area (Å²) in [5.41, 5.74) is 0. The number of benzene rings is 1. The largest absolute Gasteiger partial charge is 0.497 e.